The lowest BCUT2D eigenvalue weighted by Crippen LogP contribution is -2.32. The van der Waals surface area contributed by atoms with E-state index in [0.717, 1.165) is 31.6 Å². The average molecular weight is 324 g/mol. The highest BCUT2D eigenvalue weighted by atomic mass is 16.2. The Bertz CT molecular complexity index is 684. The van der Waals surface area contributed by atoms with E-state index in [2.05, 4.69) is 47.3 Å². The smallest absolute Gasteiger partial charge is 0.274 e. The number of hydrogen-bond acceptors (Lipinski definition) is 4. The fourth-order valence-electron chi connectivity index (χ4n) is 3.13. The van der Waals surface area contributed by atoms with E-state index in [9.17, 15) is 4.79 Å². The Morgan fingerprint density at radius 2 is 1.62 bits per heavy atom. The maximum atomic E-state index is 12.5. The Morgan fingerprint density at radius 3 is 2.21 bits per heavy atom. The molecule has 0 saturated carbocycles. The lowest BCUT2D eigenvalue weighted by atomic mass is 10.1. The molecule has 24 heavy (non-hydrogen) atoms. The number of nitrogens with zero attached hydrogens (tertiary/aromatic N) is 3. The van der Waals surface area contributed by atoms with Crippen LogP contribution < -0.4 is 5.32 Å². The van der Waals surface area contributed by atoms with Gasteiger partial charge < -0.3 is 10.2 Å². The molecule has 1 aliphatic rings. The van der Waals surface area contributed by atoms with Crippen molar-refractivity contribution in [3.8, 4) is 0 Å². The van der Waals surface area contributed by atoms with Gasteiger partial charge >= 0.3 is 0 Å². The Morgan fingerprint density at radius 1 is 0.958 bits per heavy atom. The second-order valence-corrected chi connectivity index (χ2v) is 6.49. The minimum absolute atomic E-state index is 0.0117. The number of hydrogen-bond donors (Lipinski definition) is 1. The molecule has 0 aliphatic carbocycles. The molecule has 1 saturated heterocycles. The van der Waals surface area contributed by atoms with Crippen LogP contribution in [0.1, 0.15) is 47.3 Å². The van der Waals surface area contributed by atoms with Gasteiger partial charge in [0.1, 0.15) is 11.5 Å². The number of aryl methyl sites for hydroxylation is 2. The number of benzene rings is 1. The zero-order valence-electron chi connectivity index (χ0n) is 14.4. The zero-order valence-corrected chi connectivity index (χ0v) is 14.4. The fourth-order valence-corrected chi connectivity index (χ4v) is 3.13. The van der Waals surface area contributed by atoms with Gasteiger partial charge in [-0.25, -0.2) is 9.97 Å². The highest BCUT2D eigenvalue weighted by Crippen LogP contribution is 2.18. The third-order valence-corrected chi connectivity index (χ3v) is 4.26. The van der Waals surface area contributed by atoms with Crippen LogP contribution in [0, 0.1) is 13.8 Å². The minimum Gasteiger partial charge on any atom is -0.339 e. The van der Waals surface area contributed by atoms with Crippen molar-refractivity contribution in [3.63, 3.8) is 0 Å². The first kappa shape index (κ1) is 16.4. The first-order valence-corrected chi connectivity index (χ1v) is 8.58. The molecule has 2 heterocycles. The predicted octanol–water partition coefficient (Wildman–Crippen LogP) is 3.85. The van der Waals surface area contributed by atoms with Gasteiger partial charge in [0, 0.05) is 18.8 Å². The molecule has 1 aliphatic heterocycles. The summed E-state index contributed by atoms with van der Waals surface area (Å²) in [6, 6.07) is 6.25. The SMILES string of the molecule is Cc1cc(C)cc(Nc2cnc(C(=O)N3CCCCCC3)cn2)c1. The fraction of sp³-hybridized carbons (Fsp3) is 0.421. The number of amides is 1. The van der Waals surface area contributed by atoms with Crippen molar-refractivity contribution in [3.05, 3.63) is 47.4 Å². The Labute approximate surface area is 143 Å². The molecule has 1 N–H and O–H groups in total. The first-order chi connectivity index (χ1) is 11.6. The molecule has 1 aromatic heterocycles. The largest absolute Gasteiger partial charge is 0.339 e. The van der Waals surface area contributed by atoms with E-state index in [4.69, 9.17) is 0 Å². The van der Waals surface area contributed by atoms with Gasteiger partial charge in [-0.15, -0.1) is 0 Å². The molecule has 0 radical (unpaired) electrons. The maximum Gasteiger partial charge on any atom is 0.274 e. The highest BCUT2D eigenvalue weighted by molar-refractivity contribution is 5.92. The summed E-state index contributed by atoms with van der Waals surface area (Å²) >= 11 is 0. The van der Waals surface area contributed by atoms with Crippen molar-refractivity contribution in [2.24, 2.45) is 0 Å². The molecule has 5 heteroatoms. The van der Waals surface area contributed by atoms with Crippen molar-refractivity contribution in [1.82, 2.24) is 14.9 Å². The van der Waals surface area contributed by atoms with Crippen LogP contribution in [0.2, 0.25) is 0 Å². The summed E-state index contributed by atoms with van der Waals surface area (Å²) in [5.41, 5.74) is 3.79. The minimum atomic E-state index is -0.0117. The zero-order chi connectivity index (χ0) is 16.9. The van der Waals surface area contributed by atoms with E-state index in [1.807, 2.05) is 4.90 Å². The molecule has 5 nitrogen and oxygen atoms in total. The molecule has 0 spiro atoms. The van der Waals surface area contributed by atoms with Crippen molar-refractivity contribution < 1.29 is 4.79 Å². The number of anilines is 2. The van der Waals surface area contributed by atoms with Gasteiger partial charge in [0.25, 0.3) is 5.91 Å². The van der Waals surface area contributed by atoms with Gasteiger partial charge in [-0.2, -0.15) is 0 Å². The van der Waals surface area contributed by atoms with E-state index in [-0.39, 0.29) is 5.91 Å². The summed E-state index contributed by atoms with van der Waals surface area (Å²) in [6.07, 6.45) is 7.75. The van der Waals surface area contributed by atoms with Gasteiger partial charge in [0.2, 0.25) is 0 Å². The lowest BCUT2D eigenvalue weighted by molar-refractivity contribution is 0.0755. The number of carbonyl (C=O) groups is 1. The Balaban J connectivity index is 1.69. The van der Waals surface area contributed by atoms with Crippen LogP contribution in [0.4, 0.5) is 11.5 Å². The molecule has 1 aromatic carbocycles. The highest BCUT2D eigenvalue weighted by Gasteiger charge is 2.18. The van der Waals surface area contributed by atoms with Crippen LogP contribution in [0.5, 0.6) is 0 Å². The summed E-state index contributed by atoms with van der Waals surface area (Å²) in [4.78, 5) is 23.1. The number of aromatic nitrogens is 2. The van der Waals surface area contributed by atoms with Crippen molar-refractivity contribution in [1.29, 1.82) is 0 Å². The van der Waals surface area contributed by atoms with Crippen molar-refractivity contribution >= 4 is 17.4 Å². The monoisotopic (exact) mass is 324 g/mol. The summed E-state index contributed by atoms with van der Waals surface area (Å²) in [5, 5.41) is 3.24. The van der Waals surface area contributed by atoms with Crippen LogP contribution in [0.25, 0.3) is 0 Å². The second-order valence-electron chi connectivity index (χ2n) is 6.49. The normalized spacial score (nSPS) is 15.0. The summed E-state index contributed by atoms with van der Waals surface area (Å²) < 4.78 is 0. The van der Waals surface area contributed by atoms with Gasteiger partial charge in [-0.3, -0.25) is 4.79 Å². The van der Waals surface area contributed by atoms with E-state index < -0.39 is 0 Å². The molecule has 3 rings (SSSR count). The van der Waals surface area contributed by atoms with Gasteiger partial charge in [0.05, 0.1) is 12.4 Å². The van der Waals surface area contributed by atoms with Crippen LogP contribution in [-0.4, -0.2) is 33.9 Å². The molecule has 1 fully saturated rings. The topological polar surface area (TPSA) is 58.1 Å². The van der Waals surface area contributed by atoms with Crippen LogP contribution in [0.15, 0.2) is 30.6 Å². The van der Waals surface area contributed by atoms with Crippen LogP contribution in [-0.2, 0) is 0 Å². The number of carbonyl (C=O) groups excluding carboxylic acids is 1. The molecular weight excluding hydrogens is 300 g/mol. The van der Waals surface area contributed by atoms with Crippen molar-refractivity contribution in [2.75, 3.05) is 18.4 Å². The van der Waals surface area contributed by atoms with Gasteiger partial charge in [-0.05, 0) is 49.9 Å². The molecule has 2 aromatic rings. The summed E-state index contributed by atoms with van der Waals surface area (Å²) in [7, 11) is 0. The predicted molar refractivity (Wildman–Crippen MR) is 95.6 cm³/mol. The number of rotatable bonds is 3. The van der Waals surface area contributed by atoms with Crippen molar-refractivity contribution in [2.45, 2.75) is 39.5 Å². The van der Waals surface area contributed by atoms with E-state index >= 15 is 0 Å². The molecule has 126 valence electrons. The lowest BCUT2D eigenvalue weighted by Gasteiger charge is -2.19. The van der Waals surface area contributed by atoms with E-state index in [1.54, 1.807) is 12.4 Å². The second kappa shape index (κ2) is 7.43. The first-order valence-electron chi connectivity index (χ1n) is 8.58. The maximum absolute atomic E-state index is 12.5. The number of likely N-dealkylation sites (tertiary alicyclic amines) is 1. The Kier molecular flexibility index (Phi) is 5.08. The van der Waals surface area contributed by atoms with E-state index in [0.29, 0.717) is 11.5 Å². The molecule has 0 unspecified atom stereocenters. The number of nitrogens with one attached hydrogen (secondary N) is 1. The molecule has 0 atom stereocenters. The summed E-state index contributed by atoms with van der Waals surface area (Å²) in [5.74, 6) is 0.634. The molecule has 0 bridgehead atoms. The van der Waals surface area contributed by atoms with Gasteiger partial charge in [-0.1, -0.05) is 18.9 Å². The molecular formula is C19H24N4O. The van der Waals surface area contributed by atoms with Crippen LogP contribution in [0.3, 0.4) is 0 Å². The third kappa shape index (κ3) is 4.10. The Hall–Kier alpha value is -2.43. The third-order valence-electron chi connectivity index (χ3n) is 4.26. The van der Waals surface area contributed by atoms with Crippen LogP contribution >= 0.6 is 0 Å². The summed E-state index contributed by atoms with van der Waals surface area (Å²) in [6.45, 7) is 5.77. The molecule has 1 amide bonds. The average Bonchev–Trinajstić information content (AvgIpc) is 2.83. The van der Waals surface area contributed by atoms with Gasteiger partial charge in [0.15, 0.2) is 0 Å². The van der Waals surface area contributed by atoms with E-state index in [1.165, 1.54) is 24.0 Å². The quantitative estimate of drug-likeness (QED) is 0.931. The standard InChI is InChI=1S/C19H24N4O/c1-14-9-15(2)11-16(10-14)22-18-13-20-17(12-21-18)19(24)23-7-5-3-4-6-8-23/h9-13H,3-8H2,1-2H3,(H,21,22).